The van der Waals surface area contributed by atoms with Gasteiger partial charge in [0, 0.05) is 33.4 Å². The molecule has 13 aromatic rings. The van der Waals surface area contributed by atoms with E-state index in [0.29, 0.717) is 22.9 Å². The average Bonchev–Trinajstić information content (AvgIpc) is 4.12. The predicted octanol–water partition coefficient (Wildman–Crippen LogP) is 15.9. The Morgan fingerprint density at radius 3 is 1.01 bits per heavy atom. The molecule has 0 unspecified atom stereocenters. The summed E-state index contributed by atoms with van der Waals surface area (Å²) >= 11 is 0. The molecule has 3 aromatic heterocycles. The van der Waals surface area contributed by atoms with Gasteiger partial charge < -0.3 is 19.9 Å². The van der Waals surface area contributed by atoms with Gasteiger partial charge in [0.15, 0.2) is 0 Å². The van der Waals surface area contributed by atoms with E-state index in [1.165, 1.54) is 0 Å². The van der Waals surface area contributed by atoms with Gasteiger partial charge >= 0.3 is 21.1 Å². The number of benzene rings is 10. The quantitative estimate of drug-likeness (QED) is 0.172. The van der Waals surface area contributed by atoms with Crippen LogP contribution in [0.15, 0.2) is 194 Å². The van der Waals surface area contributed by atoms with Gasteiger partial charge in [-0.15, -0.1) is 0 Å². The van der Waals surface area contributed by atoms with Crippen molar-refractivity contribution in [3.8, 4) is 67.5 Å². The summed E-state index contributed by atoms with van der Waals surface area (Å²) < 4.78 is 0. The van der Waals surface area contributed by atoms with Crippen LogP contribution in [-0.2, 0) is 21.1 Å². The zero-order valence-electron chi connectivity index (χ0n) is 38.5. The number of rotatable bonds is 2. The van der Waals surface area contributed by atoms with Gasteiger partial charge in [-0.05, 0) is 160 Å². The Balaban J connectivity index is 0.00000470. The summed E-state index contributed by atoms with van der Waals surface area (Å²) in [4.78, 5) is 33.7. The summed E-state index contributed by atoms with van der Waals surface area (Å²) in [6.45, 7) is 4.30. The van der Waals surface area contributed by atoms with E-state index in [-0.39, 0.29) is 21.1 Å². The van der Waals surface area contributed by atoms with Gasteiger partial charge in [-0.3, -0.25) is 4.98 Å². The second-order valence-electron chi connectivity index (χ2n) is 18.8. The van der Waals surface area contributed by atoms with Crippen molar-refractivity contribution >= 4 is 87.0 Å². The van der Waals surface area contributed by atoms with Crippen LogP contribution in [0.25, 0.3) is 155 Å². The van der Waals surface area contributed by atoms with E-state index >= 15 is 0 Å². The van der Waals surface area contributed by atoms with Crippen molar-refractivity contribution in [1.29, 1.82) is 0 Å². The Bertz CT molecular complexity index is 4350. The van der Waals surface area contributed by atoms with Crippen LogP contribution in [0, 0.1) is 13.8 Å². The van der Waals surface area contributed by atoms with Crippen molar-refractivity contribution < 1.29 is 21.1 Å². The molecule has 0 amide bonds. The van der Waals surface area contributed by atoms with Crippen LogP contribution in [0.1, 0.15) is 11.1 Å². The number of fused-ring (bicyclic) bond motifs is 24. The summed E-state index contributed by atoms with van der Waals surface area (Å²) in [6.07, 6.45) is 0. The second-order valence-corrected chi connectivity index (χ2v) is 18.8. The van der Waals surface area contributed by atoms with E-state index in [2.05, 4.69) is 208 Å². The zero-order valence-corrected chi connectivity index (χ0v) is 40.7. The first kappa shape index (κ1) is 41.4. The molecule has 6 nitrogen and oxygen atoms in total. The average molecular weight is 1090 g/mol. The van der Waals surface area contributed by atoms with Gasteiger partial charge in [-0.1, -0.05) is 157 Å². The number of hydrogen-bond acceptors (Lipinski definition) is 4. The molecule has 10 aromatic carbocycles. The summed E-state index contributed by atoms with van der Waals surface area (Å²) in [5.74, 6) is 1.11. The normalized spacial score (nSPS) is 12.0. The number of nitrogens with zero attached hydrogens (tertiary/aromatic N) is 6. The maximum Gasteiger partial charge on any atom is 2.00 e. The van der Waals surface area contributed by atoms with Crippen LogP contribution in [0.4, 0.5) is 0 Å². The molecule has 2 aliphatic rings. The first-order valence-corrected chi connectivity index (χ1v) is 23.8. The monoisotopic (exact) mass is 1090 g/mol. The topological polar surface area (TPSA) is 79.8 Å². The molecule has 71 heavy (non-hydrogen) atoms. The van der Waals surface area contributed by atoms with E-state index in [1.807, 2.05) is 0 Å². The van der Waals surface area contributed by atoms with E-state index < -0.39 is 0 Å². The molecule has 0 radical (unpaired) electrons. The molecule has 0 saturated carbocycles. The molecule has 7 heteroatoms. The molecule has 8 bridgehead atoms. The van der Waals surface area contributed by atoms with Crippen LogP contribution in [0.3, 0.4) is 0 Å². The predicted molar refractivity (Wildman–Crippen MR) is 289 cm³/mol. The largest absolute Gasteiger partial charge is 2.00 e. The Morgan fingerprint density at radius 1 is 0.310 bits per heavy atom. The van der Waals surface area contributed by atoms with Crippen LogP contribution in [0.5, 0.6) is 0 Å². The number of aromatic nitrogens is 6. The van der Waals surface area contributed by atoms with Crippen molar-refractivity contribution in [2.24, 2.45) is 0 Å². The van der Waals surface area contributed by atoms with Gasteiger partial charge in [0.1, 0.15) is 0 Å². The van der Waals surface area contributed by atoms with Crippen molar-refractivity contribution in [2.45, 2.75) is 13.8 Å². The van der Waals surface area contributed by atoms with E-state index in [1.54, 1.807) is 0 Å². The Kier molecular flexibility index (Phi) is 9.17. The molecule has 0 saturated heterocycles. The Labute approximate surface area is 422 Å². The third kappa shape index (κ3) is 6.45. The molecular formula is C64H38N6Pt. The Morgan fingerprint density at radius 2 is 0.648 bits per heavy atom. The third-order valence-electron chi connectivity index (χ3n) is 14.4. The standard InChI is InChI=1S/C64H38N6.Pt/c1-35-13-11-23-45(25-35)55-57-47-27-37-15-3-4-16-38(37)28-48(47)58(65-57)56(46-24-12-14-36(2)26-46)60-50-30-40-18-6-8-20-42(40)32-52(50)62(67-60)69-64-54-34-44-22-10-9-21-43(44)33-53(54)63(70-64)68-61-51-31-41-19-7-5-17-39(41)29-49(51)59(55)66-61;/h3-34H,1-2H3;/q-2;+2. The minimum Gasteiger partial charge on any atom is -0.435 e. The first-order valence-electron chi connectivity index (χ1n) is 23.8. The van der Waals surface area contributed by atoms with Gasteiger partial charge in [0.25, 0.3) is 0 Å². The summed E-state index contributed by atoms with van der Waals surface area (Å²) in [5.41, 5.74) is 14.5. The minimum atomic E-state index is 0. The van der Waals surface area contributed by atoms with Gasteiger partial charge in [0.05, 0.1) is 23.0 Å². The van der Waals surface area contributed by atoms with Crippen LogP contribution in [0.2, 0.25) is 0 Å². The van der Waals surface area contributed by atoms with Crippen molar-refractivity contribution in [3.05, 3.63) is 205 Å². The molecule has 0 aliphatic carbocycles. The first-order chi connectivity index (χ1) is 34.5. The maximum atomic E-state index is 5.98. The fourth-order valence-electron chi connectivity index (χ4n) is 11.1. The summed E-state index contributed by atoms with van der Waals surface area (Å²) in [7, 11) is 0. The fourth-order valence-corrected chi connectivity index (χ4v) is 11.1. The fraction of sp³-hybridized carbons (Fsp3) is 0.0312. The second kappa shape index (κ2) is 15.7. The van der Waals surface area contributed by atoms with Gasteiger partial charge in [0.2, 0.25) is 0 Å². The molecular weight excluding hydrogens is 1050 g/mol. The maximum absolute atomic E-state index is 5.98. The molecule has 5 heterocycles. The van der Waals surface area contributed by atoms with E-state index in [0.717, 1.165) is 143 Å². The molecule has 2 aliphatic heterocycles. The molecule has 0 spiro atoms. The molecule has 0 atom stereocenters. The number of aryl methyl sites for hydroxylation is 2. The van der Waals surface area contributed by atoms with Crippen molar-refractivity contribution in [2.75, 3.05) is 0 Å². The molecule has 0 N–H and O–H groups in total. The molecule has 15 rings (SSSR count). The van der Waals surface area contributed by atoms with E-state index in [9.17, 15) is 0 Å². The van der Waals surface area contributed by atoms with Crippen LogP contribution < -0.4 is 9.97 Å². The van der Waals surface area contributed by atoms with Crippen LogP contribution in [-0.4, -0.2) is 19.9 Å². The van der Waals surface area contributed by atoms with Gasteiger partial charge in [-0.2, -0.15) is 0 Å². The zero-order chi connectivity index (χ0) is 46.2. The molecule has 0 fully saturated rings. The van der Waals surface area contributed by atoms with E-state index in [4.69, 9.17) is 29.9 Å². The summed E-state index contributed by atoms with van der Waals surface area (Å²) in [6, 6.07) is 69.6. The third-order valence-corrected chi connectivity index (χ3v) is 14.4. The van der Waals surface area contributed by atoms with Crippen LogP contribution >= 0.6 is 0 Å². The SMILES string of the molecule is Cc1cccc(-c2c3nc(c(-c4cccc(C)c4)c4[n-]c(nc5nc(nc6[n-]c2c2cc7ccccc7cc62)-c2cc6ccccc6cc2-5)c2cc5ccccc5cc42)-c2cc4ccccc4cc2-3)c1.[Pt+2]. The number of hydrogen-bond donors (Lipinski definition) is 0. The van der Waals surface area contributed by atoms with Crippen molar-refractivity contribution in [1.82, 2.24) is 29.9 Å². The molecule has 334 valence electrons. The van der Waals surface area contributed by atoms with Gasteiger partial charge in [-0.25, -0.2) is 4.98 Å². The smallest absolute Gasteiger partial charge is 0.435 e. The summed E-state index contributed by atoms with van der Waals surface area (Å²) in [5, 5.41) is 12.8. The van der Waals surface area contributed by atoms with Crippen molar-refractivity contribution in [3.63, 3.8) is 0 Å². The minimum absolute atomic E-state index is 0. The Hall–Kier alpha value is -8.57.